The molecule has 98 valence electrons. The third-order valence-electron chi connectivity index (χ3n) is 3.08. The summed E-state index contributed by atoms with van der Waals surface area (Å²) in [6.45, 7) is 6.54. The van der Waals surface area contributed by atoms with Crippen molar-refractivity contribution >= 4 is 23.7 Å². The second-order valence-corrected chi connectivity index (χ2v) is 6.08. The highest BCUT2D eigenvalue weighted by Crippen LogP contribution is 2.40. The molecule has 0 atom stereocenters. The third-order valence-corrected chi connectivity index (χ3v) is 4.50. The van der Waals surface area contributed by atoms with Crippen molar-refractivity contribution in [3.63, 3.8) is 0 Å². The first-order chi connectivity index (χ1) is 9.15. The predicted molar refractivity (Wildman–Crippen MR) is 83.7 cm³/mol. The van der Waals surface area contributed by atoms with Crippen LogP contribution in [-0.4, -0.2) is 6.29 Å². The maximum atomic E-state index is 10.6. The van der Waals surface area contributed by atoms with Crippen LogP contribution in [0.3, 0.4) is 0 Å². The van der Waals surface area contributed by atoms with Gasteiger partial charge in [-0.15, -0.1) is 11.3 Å². The number of allylic oxidation sites excluding steroid dienone is 1. The summed E-state index contributed by atoms with van der Waals surface area (Å²) >= 11 is 1.83. The van der Waals surface area contributed by atoms with Gasteiger partial charge in [0, 0.05) is 15.3 Å². The summed E-state index contributed by atoms with van der Waals surface area (Å²) in [5.74, 6) is 0.465. The van der Waals surface area contributed by atoms with Gasteiger partial charge in [0.15, 0.2) is 0 Å². The molecule has 2 rings (SSSR count). The Balaban J connectivity index is 2.65. The van der Waals surface area contributed by atoms with Gasteiger partial charge in [-0.2, -0.15) is 0 Å². The number of hydrogen-bond donors (Lipinski definition) is 0. The predicted octanol–water partition coefficient (Wildman–Crippen LogP) is 5.06. The van der Waals surface area contributed by atoms with Gasteiger partial charge in [0.05, 0.1) is 0 Å². The molecule has 1 heterocycles. The molecule has 0 bridgehead atoms. The first-order valence-electron chi connectivity index (χ1n) is 6.45. The van der Waals surface area contributed by atoms with Gasteiger partial charge in [0.1, 0.15) is 6.29 Å². The average Bonchev–Trinajstić information content (AvgIpc) is 2.74. The van der Waals surface area contributed by atoms with E-state index in [0.29, 0.717) is 5.92 Å². The molecule has 19 heavy (non-hydrogen) atoms. The van der Waals surface area contributed by atoms with Crippen molar-refractivity contribution in [1.82, 2.24) is 0 Å². The molecule has 2 aromatic rings. The number of thiophene rings is 1. The average molecular weight is 270 g/mol. The van der Waals surface area contributed by atoms with Crippen LogP contribution >= 0.6 is 11.3 Å². The Hall–Kier alpha value is -1.67. The maximum Gasteiger partial charge on any atom is 0.142 e. The van der Waals surface area contributed by atoms with Crippen molar-refractivity contribution in [3.05, 3.63) is 51.7 Å². The van der Waals surface area contributed by atoms with Gasteiger partial charge in [-0.25, -0.2) is 0 Å². The highest BCUT2D eigenvalue weighted by Gasteiger charge is 2.16. The van der Waals surface area contributed by atoms with E-state index >= 15 is 0 Å². The molecule has 0 fully saturated rings. The van der Waals surface area contributed by atoms with E-state index in [1.165, 1.54) is 26.4 Å². The molecule has 0 spiro atoms. The smallest absolute Gasteiger partial charge is 0.142 e. The highest BCUT2D eigenvalue weighted by atomic mass is 32.1. The van der Waals surface area contributed by atoms with E-state index < -0.39 is 0 Å². The molecule has 0 saturated heterocycles. The van der Waals surface area contributed by atoms with Crippen LogP contribution in [0.5, 0.6) is 0 Å². The number of rotatable bonds is 4. The van der Waals surface area contributed by atoms with Crippen molar-refractivity contribution in [2.24, 2.45) is 0 Å². The van der Waals surface area contributed by atoms with Crippen molar-refractivity contribution in [2.75, 3.05) is 0 Å². The summed E-state index contributed by atoms with van der Waals surface area (Å²) in [5.41, 5.74) is 3.66. The van der Waals surface area contributed by atoms with Crippen LogP contribution < -0.4 is 0 Å². The molecule has 0 unspecified atom stereocenters. The Morgan fingerprint density at radius 1 is 1.16 bits per heavy atom. The van der Waals surface area contributed by atoms with E-state index in [9.17, 15) is 4.79 Å². The van der Waals surface area contributed by atoms with Crippen LogP contribution in [-0.2, 0) is 4.79 Å². The molecule has 0 aliphatic rings. The van der Waals surface area contributed by atoms with E-state index in [1.807, 2.05) is 23.5 Å². The first kappa shape index (κ1) is 13.8. The minimum Gasteiger partial charge on any atom is -0.299 e. The summed E-state index contributed by atoms with van der Waals surface area (Å²) in [5, 5.41) is 0. The van der Waals surface area contributed by atoms with Gasteiger partial charge in [-0.05, 0) is 36.1 Å². The normalized spacial score (nSPS) is 11.4. The molecular formula is C17H18OS. The van der Waals surface area contributed by atoms with Crippen molar-refractivity contribution in [3.8, 4) is 11.1 Å². The van der Waals surface area contributed by atoms with Crippen molar-refractivity contribution < 1.29 is 4.79 Å². The fourth-order valence-corrected chi connectivity index (χ4v) is 3.45. The Labute approximate surface area is 118 Å². The summed E-state index contributed by atoms with van der Waals surface area (Å²) in [4.78, 5) is 13.3. The minimum atomic E-state index is 0.465. The largest absolute Gasteiger partial charge is 0.299 e. The lowest BCUT2D eigenvalue weighted by atomic mass is 9.97. The summed E-state index contributed by atoms with van der Waals surface area (Å²) < 4.78 is 0. The van der Waals surface area contributed by atoms with Gasteiger partial charge in [-0.1, -0.05) is 44.2 Å². The maximum absolute atomic E-state index is 10.6. The Morgan fingerprint density at radius 3 is 2.42 bits per heavy atom. The number of aryl methyl sites for hydroxylation is 1. The van der Waals surface area contributed by atoms with Crippen LogP contribution in [0.15, 0.2) is 36.4 Å². The number of carbonyl (C=O) groups is 1. The van der Waals surface area contributed by atoms with Gasteiger partial charge >= 0.3 is 0 Å². The number of benzene rings is 1. The fraction of sp³-hybridized carbons (Fsp3) is 0.235. The van der Waals surface area contributed by atoms with Gasteiger partial charge in [-0.3, -0.25) is 4.79 Å². The third kappa shape index (κ3) is 2.85. The minimum absolute atomic E-state index is 0.465. The number of aldehydes is 1. The summed E-state index contributed by atoms with van der Waals surface area (Å²) in [6, 6.07) is 10.4. The van der Waals surface area contributed by atoms with Crippen molar-refractivity contribution in [2.45, 2.75) is 26.7 Å². The molecule has 1 aromatic heterocycles. The van der Waals surface area contributed by atoms with E-state index in [2.05, 4.69) is 45.0 Å². The Morgan fingerprint density at radius 2 is 1.84 bits per heavy atom. The second kappa shape index (κ2) is 5.98. The molecule has 1 nitrogen and oxygen atoms in total. The zero-order valence-corrected chi connectivity index (χ0v) is 12.3. The van der Waals surface area contributed by atoms with Crippen LogP contribution in [0.1, 0.15) is 35.1 Å². The zero-order valence-electron chi connectivity index (χ0n) is 11.5. The highest BCUT2D eigenvalue weighted by molar-refractivity contribution is 7.12. The van der Waals surface area contributed by atoms with Crippen LogP contribution in [0.2, 0.25) is 0 Å². The molecular weight excluding hydrogens is 252 g/mol. The standard InChI is InChI=1S/C17H18OS/c1-12(2)17-15(10-7-11-18)16(13(3)19-17)14-8-5-4-6-9-14/h4-12H,1-3H3/b10-7+. The number of carbonyl (C=O) groups excluding carboxylic acids is 1. The molecule has 0 saturated carbocycles. The molecule has 0 radical (unpaired) electrons. The Kier molecular flexibility index (Phi) is 4.33. The monoisotopic (exact) mass is 270 g/mol. The lowest BCUT2D eigenvalue weighted by Crippen LogP contribution is -1.87. The molecule has 2 heteroatoms. The van der Waals surface area contributed by atoms with Gasteiger partial charge < -0.3 is 0 Å². The van der Waals surface area contributed by atoms with E-state index in [-0.39, 0.29) is 0 Å². The Bertz CT molecular complexity index is 591. The molecule has 1 aromatic carbocycles. The molecule has 0 N–H and O–H groups in total. The zero-order chi connectivity index (χ0) is 13.8. The van der Waals surface area contributed by atoms with Crippen molar-refractivity contribution in [1.29, 1.82) is 0 Å². The van der Waals surface area contributed by atoms with E-state index in [0.717, 1.165) is 6.29 Å². The van der Waals surface area contributed by atoms with Gasteiger partial charge in [0.25, 0.3) is 0 Å². The molecule has 0 aliphatic heterocycles. The second-order valence-electron chi connectivity index (χ2n) is 4.83. The topological polar surface area (TPSA) is 17.1 Å². The number of hydrogen-bond acceptors (Lipinski definition) is 2. The lowest BCUT2D eigenvalue weighted by molar-refractivity contribution is -0.104. The summed E-state index contributed by atoms with van der Waals surface area (Å²) in [6.07, 6.45) is 4.36. The van der Waals surface area contributed by atoms with E-state index in [1.54, 1.807) is 6.08 Å². The van der Waals surface area contributed by atoms with Gasteiger partial charge in [0.2, 0.25) is 0 Å². The summed E-state index contributed by atoms with van der Waals surface area (Å²) in [7, 11) is 0. The van der Waals surface area contributed by atoms with E-state index in [4.69, 9.17) is 0 Å². The van der Waals surface area contributed by atoms with Crippen LogP contribution in [0, 0.1) is 6.92 Å². The first-order valence-corrected chi connectivity index (χ1v) is 7.27. The SMILES string of the molecule is Cc1sc(C(C)C)c(/C=C/C=O)c1-c1ccccc1. The van der Waals surface area contributed by atoms with Crippen LogP contribution in [0.4, 0.5) is 0 Å². The molecule has 0 amide bonds. The molecule has 0 aliphatic carbocycles. The lowest BCUT2D eigenvalue weighted by Gasteiger charge is -2.06. The quantitative estimate of drug-likeness (QED) is 0.560. The fourth-order valence-electron chi connectivity index (χ4n) is 2.28. The van der Waals surface area contributed by atoms with Crippen LogP contribution in [0.25, 0.3) is 17.2 Å².